The van der Waals surface area contributed by atoms with Crippen molar-refractivity contribution >= 4 is 15.9 Å². The fourth-order valence-corrected chi connectivity index (χ4v) is 4.94. The van der Waals surface area contributed by atoms with Gasteiger partial charge in [-0.2, -0.15) is 4.31 Å². The molecule has 1 amide bonds. The highest BCUT2D eigenvalue weighted by molar-refractivity contribution is 7.89. The number of carbonyl (C=O) groups excluding carboxylic acids is 1. The van der Waals surface area contributed by atoms with Crippen molar-refractivity contribution < 1.29 is 17.7 Å². The SMILES string of the molecule is Cc1noc(C)c1CCC(=O)NCc1ccc(S(=O)(=O)N2CCCCC2)cc1. The molecule has 1 saturated heterocycles. The van der Waals surface area contributed by atoms with E-state index in [0.29, 0.717) is 37.4 Å². The van der Waals surface area contributed by atoms with Crippen LogP contribution >= 0.6 is 0 Å². The highest BCUT2D eigenvalue weighted by atomic mass is 32.2. The number of amides is 1. The highest BCUT2D eigenvalue weighted by Gasteiger charge is 2.25. The van der Waals surface area contributed by atoms with Gasteiger partial charge in [-0.1, -0.05) is 23.7 Å². The minimum atomic E-state index is -3.42. The molecule has 1 fully saturated rings. The maximum atomic E-state index is 12.7. The number of sulfonamides is 1. The van der Waals surface area contributed by atoms with E-state index < -0.39 is 10.0 Å². The summed E-state index contributed by atoms with van der Waals surface area (Å²) in [5, 5.41) is 6.76. The number of nitrogens with zero attached hydrogens (tertiary/aromatic N) is 2. The van der Waals surface area contributed by atoms with E-state index in [1.54, 1.807) is 28.6 Å². The van der Waals surface area contributed by atoms with Gasteiger partial charge >= 0.3 is 0 Å². The van der Waals surface area contributed by atoms with Crippen molar-refractivity contribution in [2.24, 2.45) is 0 Å². The van der Waals surface area contributed by atoms with E-state index >= 15 is 0 Å². The topological polar surface area (TPSA) is 92.5 Å². The van der Waals surface area contributed by atoms with Gasteiger partial charge in [0.15, 0.2) is 0 Å². The van der Waals surface area contributed by atoms with Gasteiger partial charge in [0.25, 0.3) is 0 Å². The second-order valence-corrected chi connectivity index (χ2v) is 9.13. The van der Waals surface area contributed by atoms with E-state index in [0.717, 1.165) is 41.8 Å². The van der Waals surface area contributed by atoms with Gasteiger partial charge < -0.3 is 9.84 Å². The van der Waals surface area contributed by atoms with Gasteiger partial charge in [-0.15, -0.1) is 0 Å². The van der Waals surface area contributed by atoms with Crippen molar-refractivity contribution in [1.29, 1.82) is 0 Å². The largest absolute Gasteiger partial charge is 0.361 e. The average Bonchev–Trinajstić information content (AvgIpc) is 3.03. The van der Waals surface area contributed by atoms with Gasteiger partial charge in [-0.3, -0.25) is 4.79 Å². The van der Waals surface area contributed by atoms with Gasteiger partial charge in [0, 0.05) is 31.6 Å². The number of benzene rings is 1. The average molecular weight is 406 g/mol. The molecule has 0 spiro atoms. The Morgan fingerprint density at radius 2 is 1.82 bits per heavy atom. The Kier molecular flexibility index (Phi) is 6.51. The lowest BCUT2D eigenvalue weighted by Crippen LogP contribution is -2.35. The van der Waals surface area contributed by atoms with Gasteiger partial charge in [0.1, 0.15) is 5.76 Å². The van der Waals surface area contributed by atoms with Crippen molar-refractivity contribution in [2.45, 2.75) is 57.4 Å². The standard InChI is InChI=1S/C20H27N3O4S/c1-15-19(16(2)27-22-15)10-11-20(24)21-14-17-6-8-18(9-7-17)28(25,26)23-12-4-3-5-13-23/h6-9H,3-5,10-14H2,1-2H3,(H,21,24). The number of rotatable bonds is 7. The van der Waals surface area contributed by atoms with Crippen LogP contribution < -0.4 is 5.32 Å². The van der Waals surface area contributed by atoms with Crippen LogP contribution in [-0.4, -0.2) is 36.9 Å². The molecule has 28 heavy (non-hydrogen) atoms. The number of aromatic nitrogens is 1. The fourth-order valence-electron chi connectivity index (χ4n) is 3.42. The van der Waals surface area contributed by atoms with Crippen molar-refractivity contribution in [3.63, 3.8) is 0 Å². The van der Waals surface area contributed by atoms with Crippen LogP contribution in [-0.2, 0) is 27.8 Å². The number of nitrogens with one attached hydrogen (secondary N) is 1. The minimum absolute atomic E-state index is 0.0648. The summed E-state index contributed by atoms with van der Waals surface area (Å²) in [5.41, 5.74) is 2.65. The zero-order chi connectivity index (χ0) is 20.1. The van der Waals surface area contributed by atoms with Gasteiger partial charge in [-0.05, 0) is 50.8 Å². The van der Waals surface area contributed by atoms with E-state index in [9.17, 15) is 13.2 Å². The first-order chi connectivity index (χ1) is 13.4. The van der Waals surface area contributed by atoms with Gasteiger partial charge in [0.2, 0.25) is 15.9 Å². The third kappa shape index (κ3) is 4.80. The summed E-state index contributed by atoms with van der Waals surface area (Å²) >= 11 is 0. The second-order valence-electron chi connectivity index (χ2n) is 7.19. The zero-order valence-corrected chi connectivity index (χ0v) is 17.2. The first kappa shape index (κ1) is 20.5. The molecule has 2 aromatic rings. The maximum Gasteiger partial charge on any atom is 0.243 e. The molecule has 0 saturated carbocycles. The van der Waals surface area contributed by atoms with Crippen LogP contribution in [0.1, 0.15) is 48.3 Å². The molecule has 1 aromatic carbocycles. The van der Waals surface area contributed by atoms with Crippen LogP contribution in [0, 0.1) is 13.8 Å². The predicted octanol–water partition coefficient (Wildman–Crippen LogP) is 2.72. The number of aryl methyl sites for hydroxylation is 2. The lowest BCUT2D eigenvalue weighted by Gasteiger charge is -2.25. The molecule has 0 radical (unpaired) electrons. The van der Waals surface area contributed by atoms with Crippen molar-refractivity contribution in [1.82, 2.24) is 14.8 Å². The van der Waals surface area contributed by atoms with Crippen LogP contribution in [0.2, 0.25) is 0 Å². The maximum absolute atomic E-state index is 12.7. The Hall–Kier alpha value is -2.19. The van der Waals surface area contributed by atoms with Crippen LogP contribution in [0.25, 0.3) is 0 Å². The Morgan fingerprint density at radius 3 is 2.43 bits per heavy atom. The molecule has 1 N–H and O–H groups in total. The lowest BCUT2D eigenvalue weighted by molar-refractivity contribution is -0.121. The molecule has 2 heterocycles. The zero-order valence-electron chi connectivity index (χ0n) is 16.4. The third-order valence-electron chi connectivity index (χ3n) is 5.15. The first-order valence-corrected chi connectivity index (χ1v) is 11.1. The summed E-state index contributed by atoms with van der Waals surface area (Å²) in [6, 6.07) is 6.75. The second kappa shape index (κ2) is 8.87. The molecular formula is C20H27N3O4S. The predicted molar refractivity (Wildman–Crippen MR) is 105 cm³/mol. The molecular weight excluding hydrogens is 378 g/mol. The number of hydrogen-bond donors (Lipinski definition) is 1. The Bertz CT molecular complexity index is 894. The summed E-state index contributed by atoms with van der Waals surface area (Å²) in [6.07, 6.45) is 3.85. The molecule has 0 unspecified atom stereocenters. The number of carbonyl (C=O) groups is 1. The smallest absolute Gasteiger partial charge is 0.243 e. The number of hydrogen-bond acceptors (Lipinski definition) is 5. The minimum Gasteiger partial charge on any atom is -0.361 e. The highest BCUT2D eigenvalue weighted by Crippen LogP contribution is 2.21. The van der Waals surface area contributed by atoms with Crippen LogP contribution in [0.3, 0.4) is 0 Å². The van der Waals surface area contributed by atoms with E-state index in [-0.39, 0.29) is 5.91 Å². The van der Waals surface area contributed by atoms with E-state index in [1.165, 1.54) is 0 Å². The Labute approximate surface area is 166 Å². The van der Waals surface area contributed by atoms with E-state index in [1.807, 2.05) is 13.8 Å². The molecule has 3 rings (SSSR count). The van der Waals surface area contributed by atoms with Gasteiger partial charge in [0.05, 0.1) is 10.6 Å². The molecule has 1 aliphatic rings. The molecule has 0 atom stereocenters. The summed E-state index contributed by atoms with van der Waals surface area (Å²) in [7, 11) is -3.42. The first-order valence-electron chi connectivity index (χ1n) is 9.65. The monoisotopic (exact) mass is 405 g/mol. The lowest BCUT2D eigenvalue weighted by atomic mass is 10.1. The Morgan fingerprint density at radius 1 is 1.14 bits per heavy atom. The molecule has 8 heteroatoms. The molecule has 152 valence electrons. The molecule has 1 aromatic heterocycles. The summed E-state index contributed by atoms with van der Waals surface area (Å²) in [6.45, 7) is 5.25. The Balaban J connectivity index is 1.52. The van der Waals surface area contributed by atoms with E-state index in [4.69, 9.17) is 4.52 Å². The molecule has 0 bridgehead atoms. The summed E-state index contributed by atoms with van der Waals surface area (Å²) < 4.78 is 32.0. The van der Waals surface area contributed by atoms with Crippen molar-refractivity contribution in [2.75, 3.05) is 13.1 Å². The summed E-state index contributed by atoms with van der Waals surface area (Å²) in [5.74, 6) is 0.681. The van der Waals surface area contributed by atoms with Crippen LogP contribution in [0.15, 0.2) is 33.7 Å². The fraction of sp³-hybridized carbons (Fsp3) is 0.500. The van der Waals surface area contributed by atoms with Crippen molar-refractivity contribution in [3.8, 4) is 0 Å². The van der Waals surface area contributed by atoms with E-state index in [2.05, 4.69) is 10.5 Å². The number of piperidine rings is 1. The normalized spacial score (nSPS) is 15.5. The molecule has 7 nitrogen and oxygen atoms in total. The quantitative estimate of drug-likeness (QED) is 0.765. The van der Waals surface area contributed by atoms with Crippen LogP contribution in [0.4, 0.5) is 0 Å². The third-order valence-corrected chi connectivity index (χ3v) is 7.06. The molecule has 1 aliphatic heterocycles. The molecule has 0 aliphatic carbocycles. The van der Waals surface area contributed by atoms with Gasteiger partial charge in [-0.25, -0.2) is 8.42 Å². The van der Waals surface area contributed by atoms with Crippen molar-refractivity contribution in [3.05, 3.63) is 46.8 Å². The summed E-state index contributed by atoms with van der Waals surface area (Å²) in [4.78, 5) is 12.4. The van der Waals surface area contributed by atoms with Crippen LogP contribution in [0.5, 0.6) is 0 Å².